The van der Waals surface area contributed by atoms with Crippen molar-refractivity contribution in [1.29, 1.82) is 0 Å². The number of hydrogen-bond donors (Lipinski definition) is 1. The van der Waals surface area contributed by atoms with Crippen LogP contribution in [0.1, 0.15) is 6.42 Å². The maximum atomic E-state index is 5.93. The van der Waals surface area contributed by atoms with Crippen LogP contribution in [0.25, 0.3) is 0 Å². The molecule has 100 valence electrons. The quantitative estimate of drug-likeness (QED) is 0.653. The Kier molecular flexibility index (Phi) is 5.24. The lowest BCUT2D eigenvalue weighted by molar-refractivity contribution is 0.315. The first-order chi connectivity index (χ1) is 9.25. The van der Waals surface area contributed by atoms with E-state index in [-0.39, 0.29) is 5.28 Å². The largest absolute Gasteiger partial charge is 0.494 e. The van der Waals surface area contributed by atoms with Crippen molar-refractivity contribution in [3.63, 3.8) is 0 Å². The fourth-order valence-corrected chi connectivity index (χ4v) is 1.75. The second kappa shape index (κ2) is 7.16. The molecule has 2 rings (SSSR count). The van der Waals surface area contributed by atoms with Crippen LogP contribution in [0.2, 0.25) is 10.3 Å². The highest BCUT2D eigenvalue weighted by Crippen LogP contribution is 2.19. The van der Waals surface area contributed by atoms with E-state index >= 15 is 0 Å². The minimum atomic E-state index is 0.174. The van der Waals surface area contributed by atoms with Gasteiger partial charge < -0.3 is 10.1 Å². The zero-order chi connectivity index (χ0) is 13.5. The highest BCUT2D eigenvalue weighted by molar-refractivity contribution is 6.33. The molecule has 1 heterocycles. The predicted molar refractivity (Wildman–Crippen MR) is 77.1 cm³/mol. The minimum Gasteiger partial charge on any atom is -0.494 e. The molecule has 0 saturated heterocycles. The summed E-state index contributed by atoms with van der Waals surface area (Å²) in [5, 5.41) is 3.72. The van der Waals surface area contributed by atoms with Crippen LogP contribution in [0.15, 0.2) is 36.5 Å². The van der Waals surface area contributed by atoms with E-state index in [1.165, 1.54) is 6.20 Å². The standard InChI is InChI=1S/C13H13Cl2N3O/c14-11-9-17-13(15)18-12(11)16-7-4-8-19-10-5-2-1-3-6-10/h1-3,5-6,9H,4,7-8H2,(H,16,17,18). The summed E-state index contributed by atoms with van der Waals surface area (Å²) in [6.07, 6.45) is 2.30. The Bertz CT molecular complexity index is 523. The van der Waals surface area contributed by atoms with E-state index in [4.69, 9.17) is 27.9 Å². The van der Waals surface area contributed by atoms with Gasteiger partial charge in [0, 0.05) is 6.54 Å². The maximum Gasteiger partial charge on any atom is 0.224 e. The molecule has 1 aromatic carbocycles. The fraction of sp³-hybridized carbons (Fsp3) is 0.231. The minimum absolute atomic E-state index is 0.174. The number of anilines is 1. The Hall–Kier alpha value is -1.52. The van der Waals surface area contributed by atoms with Gasteiger partial charge in [-0.2, -0.15) is 4.98 Å². The number of halogens is 2. The van der Waals surface area contributed by atoms with Crippen LogP contribution < -0.4 is 10.1 Å². The van der Waals surface area contributed by atoms with Crippen molar-refractivity contribution in [3.8, 4) is 5.75 Å². The summed E-state index contributed by atoms with van der Waals surface area (Å²) in [4.78, 5) is 7.78. The number of para-hydroxylation sites is 1. The normalized spacial score (nSPS) is 10.2. The predicted octanol–water partition coefficient (Wildman–Crippen LogP) is 3.66. The van der Waals surface area contributed by atoms with E-state index in [1.807, 2.05) is 30.3 Å². The van der Waals surface area contributed by atoms with Gasteiger partial charge in [-0.15, -0.1) is 0 Å². The molecule has 0 atom stereocenters. The smallest absolute Gasteiger partial charge is 0.224 e. The summed E-state index contributed by atoms with van der Waals surface area (Å²) in [6, 6.07) is 9.69. The Morgan fingerprint density at radius 2 is 1.95 bits per heavy atom. The van der Waals surface area contributed by atoms with Crippen molar-refractivity contribution in [1.82, 2.24) is 9.97 Å². The Morgan fingerprint density at radius 3 is 2.74 bits per heavy atom. The van der Waals surface area contributed by atoms with Gasteiger partial charge in [-0.25, -0.2) is 4.98 Å². The lowest BCUT2D eigenvalue weighted by Gasteiger charge is -2.08. The first-order valence-electron chi connectivity index (χ1n) is 5.85. The molecule has 1 aromatic heterocycles. The van der Waals surface area contributed by atoms with Crippen molar-refractivity contribution in [3.05, 3.63) is 46.8 Å². The van der Waals surface area contributed by atoms with Gasteiger partial charge >= 0.3 is 0 Å². The van der Waals surface area contributed by atoms with E-state index in [0.717, 1.165) is 12.2 Å². The molecule has 0 aliphatic rings. The molecule has 0 amide bonds. The van der Waals surface area contributed by atoms with Crippen molar-refractivity contribution < 1.29 is 4.74 Å². The number of aromatic nitrogens is 2. The molecule has 0 bridgehead atoms. The summed E-state index contributed by atoms with van der Waals surface area (Å²) < 4.78 is 5.57. The zero-order valence-corrected chi connectivity index (χ0v) is 11.7. The molecule has 0 unspecified atom stereocenters. The molecule has 1 N–H and O–H groups in total. The van der Waals surface area contributed by atoms with Crippen LogP contribution in [0, 0.1) is 0 Å². The van der Waals surface area contributed by atoms with Gasteiger partial charge in [-0.3, -0.25) is 0 Å². The maximum absolute atomic E-state index is 5.93. The second-order valence-corrected chi connectivity index (χ2v) is 4.52. The second-order valence-electron chi connectivity index (χ2n) is 3.78. The van der Waals surface area contributed by atoms with Crippen LogP contribution in [0.4, 0.5) is 5.82 Å². The van der Waals surface area contributed by atoms with Crippen molar-refractivity contribution in [2.75, 3.05) is 18.5 Å². The van der Waals surface area contributed by atoms with Crippen LogP contribution in [-0.2, 0) is 0 Å². The SMILES string of the molecule is Clc1ncc(Cl)c(NCCCOc2ccccc2)n1. The Balaban J connectivity index is 1.71. The Morgan fingerprint density at radius 1 is 1.16 bits per heavy atom. The van der Waals surface area contributed by atoms with Gasteiger partial charge in [0.15, 0.2) is 0 Å². The molecule has 0 spiro atoms. The fourth-order valence-electron chi connectivity index (χ4n) is 1.46. The molecule has 0 aliphatic heterocycles. The first kappa shape index (κ1) is 13.9. The van der Waals surface area contributed by atoms with Crippen LogP contribution in [0.3, 0.4) is 0 Å². The van der Waals surface area contributed by atoms with Crippen molar-refractivity contribution >= 4 is 29.0 Å². The summed E-state index contributed by atoms with van der Waals surface area (Å²) in [7, 11) is 0. The third-order valence-corrected chi connectivity index (χ3v) is 2.80. The average molecular weight is 298 g/mol. The van der Waals surface area contributed by atoms with E-state index in [0.29, 0.717) is 24.0 Å². The third-order valence-electron chi connectivity index (χ3n) is 2.34. The van der Waals surface area contributed by atoms with Crippen molar-refractivity contribution in [2.45, 2.75) is 6.42 Å². The van der Waals surface area contributed by atoms with Crippen LogP contribution >= 0.6 is 23.2 Å². The number of benzene rings is 1. The van der Waals surface area contributed by atoms with Crippen LogP contribution in [0.5, 0.6) is 5.75 Å². The van der Waals surface area contributed by atoms with Crippen LogP contribution in [-0.4, -0.2) is 23.1 Å². The van der Waals surface area contributed by atoms with Gasteiger partial charge in [-0.05, 0) is 30.2 Å². The monoisotopic (exact) mass is 297 g/mol. The van der Waals surface area contributed by atoms with Gasteiger partial charge in [0.1, 0.15) is 16.6 Å². The lowest BCUT2D eigenvalue weighted by atomic mass is 10.3. The highest BCUT2D eigenvalue weighted by Gasteiger charge is 2.03. The molecule has 6 heteroatoms. The molecule has 0 fully saturated rings. The number of hydrogen-bond acceptors (Lipinski definition) is 4. The molecule has 0 radical (unpaired) electrons. The Labute approximate surface area is 121 Å². The number of nitrogens with zero attached hydrogens (tertiary/aromatic N) is 2. The lowest BCUT2D eigenvalue weighted by Crippen LogP contribution is -2.09. The molecule has 4 nitrogen and oxygen atoms in total. The van der Waals surface area contributed by atoms with E-state index < -0.39 is 0 Å². The highest BCUT2D eigenvalue weighted by atomic mass is 35.5. The van der Waals surface area contributed by atoms with Gasteiger partial charge in [0.25, 0.3) is 0 Å². The molecular weight excluding hydrogens is 285 g/mol. The summed E-state index contributed by atoms with van der Waals surface area (Å²) in [5.41, 5.74) is 0. The number of rotatable bonds is 6. The number of nitrogens with one attached hydrogen (secondary N) is 1. The van der Waals surface area contributed by atoms with Gasteiger partial charge in [-0.1, -0.05) is 29.8 Å². The average Bonchev–Trinajstić information content (AvgIpc) is 2.43. The topological polar surface area (TPSA) is 47.0 Å². The number of ether oxygens (including phenoxy) is 1. The molecule has 0 aliphatic carbocycles. The van der Waals surface area contributed by atoms with Gasteiger partial charge in [0.2, 0.25) is 5.28 Å². The first-order valence-corrected chi connectivity index (χ1v) is 6.61. The summed E-state index contributed by atoms with van der Waals surface area (Å²) >= 11 is 11.6. The van der Waals surface area contributed by atoms with E-state index in [9.17, 15) is 0 Å². The third kappa shape index (κ3) is 4.58. The van der Waals surface area contributed by atoms with Gasteiger partial charge in [0.05, 0.1) is 12.8 Å². The van der Waals surface area contributed by atoms with E-state index in [1.54, 1.807) is 0 Å². The molecule has 0 saturated carbocycles. The molecule has 19 heavy (non-hydrogen) atoms. The zero-order valence-electron chi connectivity index (χ0n) is 10.1. The summed E-state index contributed by atoms with van der Waals surface area (Å²) in [5.74, 6) is 1.41. The summed E-state index contributed by atoms with van der Waals surface area (Å²) in [6.45, 7) is 1.31. The molecule has 2 aromatic rings. The van der Waals surface area contributed by atoms with E-state index in [2.05, 4.69) is 15.3 Å². The molecular formula is C13H13Cl2N3O. The van der Waals surface area contributed by atoms with Crippen molar-refractivity contribution in [2.24, 2.45) is 0 Å².